The van der Waals surface area contributed by atoms with E-state index in [1.165, 1.54) is 0 Å². The van der Waals surface area contributed by atoms with Gasteiger partial charge >= 0.3 is 11.9 Å². The Morgan fingerprint density at radius 2 is 1.29 bits per heavy atom. The third kappa shape index (κ3) is 2.71. The molecule has 0 radical (unpaired) electrons. The van der Waals surface area contributed by atoms with Crippen LogP contribution < -0.4 is 10.6 Å². The van der Waals surface area contributed by atoms with Crippen LogP contribution >= 0.6 is 0 Å². The second kappa shape index (κ2) is 6.25. The summed E-state index contributed by atoms with van der Waals surface area (Å²) in [6.07, 6.45) is 2.79. The lowest BCUT2D eigenvalue weighted by atomic mass is 9.75. The Bertz CT molecular complexity index is 467. The van der Waals surface area contributed by atoms with E-state index in [0.717, 1.165) is 52.0 Å². The highest BCUT2D eigenvalue weighted by Gasteiger charge is 2.53. The molecule has 0 aromatic rings. The maximum Gasteiger partial charge on any atom is 0.419 e. The largest absolute Gasteiger partial charge is 0.437 e. The highest BCUT2D eigenvalue weighted by molar-refractivity contribution is 6.29. The second-order valence-corrected chi connectivity index (χ2v) is 7.37. The summed E-state index contributed by atoms with van der Waals surface area (Å²) in [6, 6.07) is 0. The van der Waals surface area contributed by atoms with Crippen molar-refractivity contribution in [2.75, 3.05) is 39.5 Å². The summed E-state index contributed by atoms with van der Waals surface area (Å²) in [5.74, 6) is -1.89. The van der Waals surface area contributed by atoms with Crippen LogP contribution in [0.5, 0.6) is 0 Å². The molecule has 2 spiro atoms. The standard InChI is InChI=1S/C16H24N2O6/c19-11(23-13-15(7-17-13)3-1-5-21-9-15)12(20)24-14-16(8-18-14)4-2-6-22-10-16/h13-14,17-18H,1-10H2. The van der Waals surface area contributed by atoms with Gasteiger partial charge in [-0.15, -0.1) is 0 Å². The molecule has 0 aliphatic carbocycles. The van der Waals surface area contributed by atoms with Crippen LogP contribution in [0, 0.1) is 10.8 Å². The van der Waals surface area contributed by atoms with Crippen LogP contribution in [0.15, 0.2) is 0 Å². The molecule has 4 rings (SSSR count). The van der Waals surface area contributed by atoms with Crippen molar-refractivity contribution in [2.45, 2.75) is 38.1 Å². The molecule has 4 atom stereocenters. The van der Waals surface area contributed by atoms with Crippen LogP contribution in [-0.4, -0.2) is 63.9 Å². The maximum atomic E-state index is 12.1. The zero-order valence-electron chi connectivity index (χ0n) is 13.7. The first kappa shape index (κ1) is 16.3. The van der Waals surface area contributed by atoms with Crippen molar-refractivity contribution in [2.24, 2.45) is 10.8 Å². The fraction of sp³-hybridized carbons (Fsp3) is 0.875. The second-order valence-electron chi connectivity index (χ2n) is 7.37. The SMILES string of the molecule is O=C(OC1NCC12CCCOC2)C(=O)OC1NCC12CCCOC2. The van der Waals surface area contributed by atoms with Gasteiger partial charge in [0.25, 0.3) is 0 Å². The molecule has 4 aliphatic rings. The molecule has 0 bridgehead atoms. The lowest BCUT2D eigenvalue weighted by Crippen LogP contribution is -2.68. The molecular weight excluding hydrogens is 316 g/mol. The van der Waals surface area contributed by atoms with Gasteiger partial charge in [0, 0.05) is 26.3 Å². The molecule has 4 unspecified atom stereocenters. The monoisotopic (exact) mass is 340 g/mol. The first-order chi connectivity index (χ1) is 11.6. The predicted octanol–water partition coefficient (Wildman–Crippen LogP) is -0.475. The Labute approximate surface area is 140 Å². The number of carbonyl (C=O) groups excluding carboxylic acids is 2. The predicted molar refractivity (Wildman–Crippen MR) is 80.7 cm³/mol. The van der Waals surface area contributed by atoms with E-state index in [4.69, 9.17) is 18.9 Å². The molecule has 4 fully saturated rings. The molecule has 4 saturated heterocycles. The van der Waals surface area contributed by atoms with E-state index >= 15 is 0 Å². The zero-order chi connectivity index (χ0) is 16.6. The number of hydrogen-bond acceptors (Lipinski definition) is 8. The van der Waals surface area contributed by atoms with Gasteiger partial charge in [-0.3, -0.25) is 10.6 Å². The fourth-order valence-electron chi connectivity index (χ4n) is 4.03. The van der Waals surface area contributed by atoms with Gasteiger partial charge in [0.15, 0.2) is 12.5 Å². The van der Waals surface area contributed by atoms with E-state index in [1.807, 2.05) is 0 Å². The Kier molecular flexibility index (Phi) is 4.24. The number of ether oxygens (including phenoxy) is 4. The quantitative estimate of drug-likeness (QED) is 0.514. The van der Waals surface area contributed by atoms with Crippen molar-refractivity contribution in [3.8, 4) is 0 Å². The lowest BCUT2D eigenvalue weighted by Gasteiger charge is -2.51. The molecule has 8 heteroatoms. The van der Waals surface area contributed by atoms with E-state index < -0.39 is 24.4 Å². The highest BCUT2D eigenvalue weighted by atomic mass is 16.6. The van der Waals surface area contributed by atoms with Gasteiger partial charge in [0.2, 0.25) is 0 Å². The minimum atomic E-state index is -0.947. The topological polar surface area (TPSA) is 95.1 Å². The highest BCUT2D eigenvalue weighted by Crippen LogP contribution is 2.40. The summed E-state index contributed by atoms with van der Waals surface area (Å²) in [7, 11) is 0. The molecule has 24 heavy (non-hydrogen) atoms. The average Bonchev–Trinajstić information content (AvgIpc) is 2.63. The van der Waals surface area contributed by atoms with Crippen molar-refractivity contribution in [3.63, 3.8) is 0 Å². The minimum absolute atomic E-state index is 0.193. The van der Waals surface area contributed by atoms with Gasteiger partial charge in [0.05, 0.1) is 24.0 Å². The summed E-state index contributed by atoms with van der Waals surface area (Å²) in [6.45, 7) is 4.06. The van der Waals surface area contributed by atoms with Gasteiger partial charge in [-0.05, 0) is 25.7 Å². The number of rotatable bonds is 2. The van der Waals surface area contributed by atoms with E-state index in [9.17, 15) is 9.59 Å². The van der Waals surface area contributed by atoms with Crippen molar-refractivity contribution < 1.29 is 28.5 Å². The third-order valence-electron chi connectivity index (χ3n) is 5.71. The molecule has 0 saturated carbocycles. The first-order valence-corrected chi connectivity index (χ1v) is 8.68. The van der Waals surface area contributed by atoms with Gasteiger partial charge in [-0.25, -0.2) is 9.59 Å². The molecule has 0 aromatic heterocycles. The van der Waals surface area contributed by atoms with Crippen molar-refractivity contribution in [1.82, 2.24) is 10.6 Å². The third-order valence-corrected chi connectivity index (χ3v) is 5.71. The van der Waals surface area contributed by atoms with Crippen molar-refractivity contribution in [3.05, 3.63) is 0 Å². The summed E-state index contributed by atoms with van der Waals surface area (Å²) in [5.41, 5.74) is -0.386. The van der Waals surface area contributed by atoms with Crippen LogP contribution in [0.1, 0.15) is 25.7 Å². The average molecular weight is 340 g/mol. The number of nitrogens with one attached hydrogen (secondary N) is 2. The first-order valence-electron chi connectivity index (χ1n) is 8.68. The molecule has 0 amide bonds. The summed E-state index contributed by atoms with van der Waals surface area (Å²) < 4.78 is 21.6. The molecular formula is C16H24N2O6. The van der Waals surface area contributed by atoms with Gasteiger partial charge in [-0.1, -0.05) is 0 Å². The molecule has 2 N–H and O–H groups in total. The summed E-state index contributed by atoms with van der Waals surface area (Å²) in [5, 5.41) is 6.13. The summed E-state index contributed by atoms with van der Waals surface area (Å²) in [4.78, 5) is 24.2. The minimum Gasteiger partial charge on any atom is -0.437 e. The molecule has 134 valence electrons. The molecule has 4 aliphatic heterocycles. The van der Waals surface area contributed by atoms with Gasteiger partial charge < -0.3 is 18.9 Å². The number of hydrogen-bond donors (Lipinski definition) is 2. The van der Waals surface area contributed by atoms with E-state index in [0.29, 0.717) is 13.2 Å². The van der Waals surface area contributed by atoms with Crippen LogP contribution in [0.3, 0.4) is 0 Å². The Morgan fingerprint density at radius 1 is 0.833 bits per heavy atom. The lowest BCUT2D eigenvalue weighted by molar-refractivity contribution is -0.211. The van der Waals surface area contributed by atoms with Crippen molar-refractivity contribution >= 4 is 11.9 Å². The Morgan fingerprint density at radius 3 is 1.58 bits per heavy atom. The van der Waals surface area contributed by atoms with Gasteiger partial charge in [0.1, 0.15) is 0 Å². The molecule has 8 nitrogen and oxygen atoms in total. The maximum absolute atomic E-state index is 12.1. The van der Waals surface area contributed by atoms with Crippen LogP contribution in [0.25, 0.3) is 0 Å². The number of carbonyl (C=O) groups is 2. The normalized spacial score (nSPS) is 41.3. The van der Waals surface area contributed by atoms with E-state index in [-0.39, 0.29) is 10.8 Å². The van der Waals surface area contributed by atoms with E-state index in [1.54, 1.807) is 0 Å². The van der Waals surface area contributed by atoms with E-state index in [2.05, 4.69) is 10.6 Å². The molecule has 4 heterocycles. The van der Waals surface area contributed by atoms with Crippen LogP contribution in [-0.2, 0) is 28.5 Å². The van der Waals surface area contributed by atoms with Crippen LogP contribution in [0.2, 0.25) is 0 Å². The summed E-state index contributed by atoms with van der Waals surface area (Å²) >= 11 is 0. The zero-order valence-corrected chi connectivity index (χ0v) is 13.7. The molecule has 0 aromatic carbocycles. The Hall–Kier alpha value is -1.22. The number of esters is 2. The van der Waals surface area contributed by atoms with Crippen LogP contribution in [0.4, 0.5) is 0 Å². The fourth-order valence-corrected chi connectivity index (χ4v) is 4.03. The van der Waals surface area contributed by atoms with Gasteiger partial charge in [-0.2, -0.15) is 0 Å². The Balaban J connectivity index is 1.29. The van der Waals surface area contributed by atoms with Crippen molar-refractivity contribution in [1.29, 1.82) is 0 Å². The smallest absolute Gasteiger partial charge is 0.419 e.